The molecule has 1 saturated carbocycles. The van der Waals surface area contributed by atoms with E-state index in [0.29, 0.717) is 25.8 Å². The van der Waals surface area contributed by atoms with E-state index in [9.17, 15) is 9.90 Å². The third-order valence-corrected chi connectivity index (χ3v) is 4.22. The number of aromatic nitrogens is 4. The van der Waals surface area contributed by atoms with Gasteiger partial charge in [0.25, 0.3) is 0 Å². The van der Waals surface area contributed by atoms with E-state index in [-0.39, 0.29) is 0 Å². The van der Waals surface area contributed by atoms with E-state index in [2.05, 4.69) is 47.6 Å². The van der Waals surface area contributed by atoms with E-state index < -0.39 is 11.4 Å². The number of nitrogens with zero attached hydrogens (tertiary/aromatic N) is 4. The minimum Gasteiger partial charge on any atom is -0.481 e. The number of aliphatic carboxylic acids is 1. The van der Waals surface area contributed by atoms with Crippen molar-refractivity contribution < 1.29 is 9.90 Å². The van der Waals surface area contributed by atoms with Crippen molar-refractivity contribution in [2.24, 2.45) is 5.41 Å². The zero-order valence-electron chi connectivity index (χ0n) is 12.2. The Labute approximate surface area is 122 Å². The molecule has 1 aliphatic carbocycles. The summed E-state index contributed by atoms with van der Waals surface area (Å²) in [5, 5.41) is 21.0. The third kappa shape index (κ3) is 2.66. The molecule has 6 heteroatoms. The predicted molar refractivity (Wildman–Crippen MR) is 75.8 cm³/mol. The van der Waals surface area contributed by atoms with E-state index in [1.54, 1.807) is 4.68 Å². The molecule has 3 rings (SSSR count). The number of hydrogen-bond donors (Lipinski definition) is 1. The van der Waals surface area contributed by atoms with Gasteiger partial charge in [-0.1, -0.05) is 23.8 Å². The molecule has 1 fully saturated rings. The van der Waals surface area contributed by atoms with Crippen LogP contribution in [-0.2, 0) is 17.8 Å². The van der Waals surface area contributed by atoms with E-state index in [0.717, 1.165) is 5.82 Å². The highest BCUT2D eigenvalue weighted by Crippen LogP contribution is 2.47. The molecule has 0 aliphatic heterocycles. The van der Waals surface area contributed by atoms with Crippen molar-refractivity contribution >= 4 is 5.97 Å². The summed E-state index contributed by atoms with van der Waals surface area (Å²) in [5.74, 6) is -0.0353. The molecule has 0 atom stereocenters. The maximum absolute atomic E-state index is 11.3. The Balaban J connectivity index is 1.83. The highest BCUT2D eigenvalue weighted by molar-refractivity contribution is 5.77. The van der Waals surface area contributed by atoms with Crippen molar-refractivity contribution in [2.75, 3.05) is 0 Å². The lowest BCUT2D eigenvalue weighted by atomic mass is 10.0. The topological polar surface area (TPSA) is 80.9 Å². The summed E-state index contributed by atoms with van der Waals surface area (Å²) in [6.07, 6.45) is 2.02. The van der Waals surface area contributed by atoms with Crippen LogP contribution >= 0.6 is 0 Å². The first kappa shape index (κ1) is 13.7. The average Bonchev–Trinajstić information content (AvgIpc) is 3.10. The Kier molecular flexibility index (Phi) is 3.23. The van der Waals surface area contributed by atoms with Crippen LogP contribution in [0.3, 0.4) is 0 Å². The van der Waals surface area contributed by atoms with Crippen molar-refractivity contribution in [2.45, 2.75) is 39.7 Å². The number of benzene rings is 1. The van der Waals surface area contributed by atoms with E-state index >= 15 is 0 Å². The summed E-state index contributed by atoms with van der Waals surface area (Å²) in [6, 6.07) is 6.28. The molecule has 0 amide bonds. The van der Waals surface area contributed by atoms with Gasteiger partial charge in [0.2, 0.25) is 0 Å². The normalized spacial score (nSPS) is 15.9. The molecule has 1 N–H and O–H groups in total. The average molecular weight is 286 g/mol. The second kappa shape index (κ2) is 4.95. The van der Waals surface area contributed by atoms with Crippen molar-refractivity contribution in [1.82, 2.24) is 20.2 Å². The first-order valence-corrected chi connectivity index (χ1v) is 7.05. The number of aryl methyl sites for hydroxylation is 2. The molecule has 2 aromatic rings. The molecular weight excluding hydrogens is 268 g/mol. The molecule has 110 valence electrons. The van der Waals surface area contributed by atoms with E-state index in [1.165, 1.54) is 16.7 Å². The molecule has 0 saturated heterocycles. The van der Waals surface area contributed by atoms with Gasteiger partial charge in [-0.25, -0.2) is 4.68 Å². The Bertz CT molecular complexity index is 689. The fraction of sp³-hybridized carbons (Fsp3) is 0.467. The molecule has 0 unspecified atom stereocenters. The van der Waals surface area contributed by atoms with Gasteiger partial charge in [0.15, 0.2) is 5.82 Å². The summed E-state index contributed by atoms with van der Waals surface area (Å²) in [6.45, 7) is 4.47. The van der Waals surface area contributed by atoms with Gasteiger partial charge in [-0.3, -0.25) is 4.79 Å². The Morgan fingerprint density at radius 2 is 2.14 bits per heavy atom. The van der Waals surface area contributed by atoms with Gasteiger partial charge in [0, 0.05) is 6.42 Å². The number of carboxylic acids is 1. The SMILES string of the molecule is Cc1ccc(C)c(Cc2nnnn2CC2(C(=O)O)CC2)c1. The largest absolute Gasteiger partial charge is 0.481 e. The quantitative estimate of drug-likeness (QED) is 0.905. The standard InChI is InChI=1S/C15H18N4O2/c1-10-3-4-11(2)12(7-10)8-13-16-17-18-19(13)9-15(5-6-15)14(20)21/h3-4,7H,5-6,8-9H2,1-2H3,(H,20,21). The molecule has 21 heavy (non-hydrogen) atoms. The first-order valence-electron chi connectivity index (χ1n) is 7.05. The lowest BCUT2D eigenvalue weighted by Crippen LogP contribution is -2.23. The van der Waals surface area contributed by atoms with Gasteiger partial charge in [-0.05, 0) is 48.2 Å². The summed E-state index contributed by atoms with van der Waals surface area (Å²) < 4.78 is 1.64. The maximum atomic E-state index is 11.3. The van der Waals surface area contributed by atoms with Crippen molar-refractivity contribution in [3.63, 3.8) is 0 Å². The smallest absolute Gasteiger partial charge is 0.311 e. The molecule has 1 aromatic carbocycles. The minimum absolute atomic E-state index is 0.357. The second-order valence-electron chi connectivity index (χ2n) is 5.94. The van der Waals surface area contributed by atoms with Crippen LogP contribution in [0.2, 0.25) is 0 Å². The Morgan fingerprint density at radius 1 is 1.38 bits per heavy atom. The van der Waals surface area contributed by atoms with Gasteiger partial charge < -0.3 is 5.11 Å². The molecular formula is C15H18N4O2. The van der Waals surface area contributed by atoms with E-state index in [1.807, 2.05) is 0 Å². The Morgan fingerprint density at radius 3 is 2.81 bits per heavy atom. The number of rotatable bonds is 5. The zero-order valence-corrected chi connectivity index (χ0v) is 12.2. The number of hydrogen-bond acceptors (Lipinski definition) is 4. The highest BCUT2D eigenvalue weighted by Gasteiger charge is 2.51. The summed E-state index contributed by atoms with van der Waals surface area (Å²) in [7, 11) is 0. The highest BCUT2D eigenvalue weighted by atomic mass is 16.4. The van der Waals surface area contributed by atoms with Crippen LogP contribution in [0, 0.1) is 19.3 Å². The molecule has 1 heterocycles. The summed E-state index contributed by atoms with van der Waals surface area (Å²) >= 11 is 0. The van der Waals surface area contributed by atoms with Gasteiger partial charge in [0.05, 0.1) is 12.0 Å². The zero-order chi connectivity index (χ0) is 15.0. The fourth-order valence-electron chi connectivity index (χ4n) is 2.51. The number of tetrazole rings is 1. The number of carboxylic acid groups (broad SMARTS) is 1. The van der Waals surface area contributed by atoms with Crippen LogP contribution < -0.4 is 0 Å². The molecule has 0 radical (unpaired) electrons. The van der Waals surface area contributed by atoms with E-state index in [4.69, 9.17) is 0 Å². The molecule has 0 bridgehead atoms. The second-order valence-corrected chi connectivity index (χ2v) is 5.94. The van der Waals surface area contributed by atoms with Crippen LogP contribution in [0.25, 0.3) is 0 Å². The predicted octanol–water partition coefficient (Wildman–Crippen LogP) is 1.75. The lowest BCUT2D eigenvalue weighted by molar-refractivity contribution is -0.144. The molecule has 0 spiro atoms. The van der Waals surface area contributed by atoms with Gasteiger partial charge in [0.1, 0.15) is 0 Å². The Hall–Kier alpha value is -2.24. The van der Waals surface area contributed by atoms with Crippen LogP contribution in [0.15, 0.2) is 18.2 Å². The number of carbonyl (C=O) groups is 1. The molecule has 6 nitrogen and oxygen atoms in total. The van der Waals surface area contributed by atoms with Crippen molar-refractivity contribution in [1.29, 1.82) is 0 Å². The minimum atomic E-state index is -0.754. The van der Waals surface area contributed by atoms with Gasteiger partial charge in [-0.2, -0.15) is 0 Å². The maximum Gasteiger partial charge on any atom is 0.311 e. The van der Waals surface area contributed by atoms with Crippen molar-refractivity contribution in [3.05, 3.63) is 40.7 Å². The van der Waals surface area contributed by atoms with Crippen molar-refractivity contribution in [3.8, 4) is 0 Å². The van der Waals surface area contributed by atoms with Crippen LogP contribution in [-0.4, -0.2) is 31.3 Å². The van der Waals surface area contributed by atoms with Crippen LogP contribution in [0.1, 0.15) is 35.4 Å². The van der Waals surface area contributed by atoms with Crippen LogP contribution in [0.4, 0.5) is 0 Å². The molecule has 1 aliphatic rings. The van der Waals surface area contributed by atoms with Gasteiger partial charge in [-0.15, -0.1) is 5.10 Å². The lowest BCUT2D eigenvalue weighted by Gasteiger charge is -2.11. The third-order valence-electron chi connectivity index (χ3n) is 4.22. The summed E-state index contributed by atoms with van der Waals surface area (Å²) in [4.78, 5) is 11.3. The fourth-order valence-corrected chi connectivity index (χ4v) is 2.51. The summed E-state index contributed by atoms with van der Waals surface area (Å²) in [5.41, 5.74) is 2.89. The monoisotopic (exact) mass is 286 g/mol. The van der Waals surface area contributed by atoms with Crippen LogP contribution in [0.5, 0.6) is 0 Å². The molecule has 1 aromatic heterocycles. The van der Waals surface area contributed by atoms with Gasteiger partial charge >= 0.3 is 5.97 Å². The first-order chi connectivity index (χ1) is 10.00.